The lowest BCUT2D eigenvalue weighted by Gasteiger charge is -2.18. The summed E-state index contributed by atoms with van der Waals surface area (Å²) in [4.78, 5) is 12.6. The van der Waals surface area contributed by atoms with Gasteiger partial charge in [0.05, 0.1) is 17.2 Å². The highest BCUT2D eigenvalue weighted by atomic mass is 32.2. The van der Waals surface area contributed by atoms with Crippen molar-refractivity contribution in [1.82, 2.24) is 4.72 Å². The molecule has 0 fully saturated rings. The second-order valence-electron chi connectivity index (χ2n) is 6.58. The molecule has 0 aliphatic heterocycles. The van der Waals surface area contributed by atoms with Crippen LogP contribution < -0.4 is 20.1 Å². The van der Waals surface area contributed by atoms with Crippen molar-refractivity contribution < 1.29 is 17.9 Å². The number of benzene rings is 2. The minimum absolute atomic E-state index is 0.149. The van der Waals surface area contributed by atoms with Gasteiger partial charge in [-0.25, -0.2) is 13.1 Å². The van der Waals surface area contributed by atoms with Gasteiger partial charge in [0, 0.05) is 11.7 Å². The molecule has 0 aromatic heterocycles. The van der Waals surface area contributed by atoms with E-state index < -0.39 is 16.1 Å². The smallest absolute Gasteiger partial charge is 0.246 e. The summed E-state index contributed by atoms with van der Waals surface area (Å²) in [6.07, 6.45) is 0. The van der Waals surface area contributed by atoms with Crippen LogP contribution in [0.4, 0.5) is 11.4 Å². The second-order valence-corrected chi connectivity index (χ2v) is 8.30. The Labute approximate surface area is 166 Å². The minimum atomic E-state index is -3.56. The predicted molar refractivity (Wildman–Crippen MR) is 111 cm³/mol. The molecule has 0 unspecified atom stereocenters. The van der Waals surface area contributed by atoms with E-state index in [0.717, 1.165) is 5.69 Å². The molecule has 2 rings (SSSR count). The molecule has 0 spiro atoms. The fourth-order valence-electron chi connectivity index (χ4n) is 2.51. The maximum Gasteiger partial charge on any atom is 0.246 e. The number of sulfonamides is 1. The highest BCUT2D eigenvalue weighted by Crippen LogP contribution is 2.24. The number of carbonyl (C=O) groups excluding carboxylic acids is 1. The molecule has 0 aliphatic rings. The summed E-state index contributed by atoms with van der Waals surface area (Å²) in [6.45, 7) is 7.67. The number of rotatable bonds is 9. The van der Waals surface area contributed by atoms with Crippen LogP contribution in [0, 0.1) is 0 Å². The van der Waals surface area contributed by atoms with Crippen LogP contribution in [0.2, 0.25) is 0 Å². The Bertz CT molecular complexity index is 896. The number of hydrogen-bond donors (Lipinski definition) is 3. The molecule has 0 aliphatic carbocycles. The van der Waals surface area contributed by atoms with Gasteiger partial charge in [0.1, 0.15) is 11.8 Å². The van der Waals surface area contributed by atoms with Crippen molar-refractivity contribution in [2.24, 2.45) is 0 Å². The fourth-order valence-corrected chi connectivity index (χ4v) is 3.76. The van der Waals surface area contributed by atoms with E-state index in [9.17, 15) is 13.2 Å². The molecule has 1 atom stereocenters. The van der Waals surface area contributed by atoms with E-state index >= 15 is 0 Å². The Morgan fingerprint density at radius 2 is 1.68 bits per heavy atom. The number of carbonyl (C=O) groups is 1. The maximum absolute atomic E-state index is 12.5. The first kappa shape index (κ1) is 21.7. The minimum Gasteiger partial charge on any atom is -0.492 e. The third kappa shape index (κ3) is 5.97. The highest BCUT2D eigenvalue weighted by molar-refractivity contribution is 7.89. The number of hydrogen-bond acceptors (Lipinski definition) is 5. The molecule has 3 N–H and O–H groups in total. The zero-order valence-electron chi connectivity index (χ0n) is 16.5. The van der Waals surface area contributed by atoms with E-state index in [2.05, 4.69) is 15.4 Å². The molecular formula is C20H27N3O4S. The predicted octanol–water partition coefficient (Wildman–Crippen LogP) is 3.21. The number of nitrogens with one attached hydrogen (secondary N) is 3. The van der Waals surface area contributed by atoms with Crippen LogP contribution >= 0.6 is 0 Å². The topological polar surface area (TPSA) is 96.5 Å². The van der Waals surface area contributed by atoms with Gasteiger partial charge in [-0.15, -0.1) is 0 Å². The van der Waals surface area contributed by atoms with Crippen LogP contribution in [-0.4, -0.2) is 33.0 Å². The van der Waals surface area contributed by atoms with Crippen molar-refractivity contribution in [2.45, 2.75) is 44.7 Å². The van der Waals surface area contributed by atoms with E-state index in [0.29, 0.717) is 18.0 Å². The molecule has 8 heteroatoms. The van der Waals surface area contributed by atoms with E-state index in [1.54, 1.807) is 32.9 Å². The third-order valence-electron chi connectivity index (χ3n) is 3.78. The molecule has 1 amide bonds. The molecule has 0 heterocycles. The highest BCUT2D eigenvalue weighted by Gasteiger charge is 2.17. The van der Waals surface area contributed by atoms with Gasteiger partial charge in [0.15, 0.2) is 0 Å². The summed E-state index contributed by atoms with van der Waals surface area (Å²) in [5, 5.41) is 5.90. The molecular weight excluding hydrogens is 378 g/mol. The average molecular weight is 406 g/mol. The number of amides is 1. The third-order valence-corrected chi connectivity index (χ3v) is 5.45. The summed E-state index contributed by atoms with van der Waals surface area (Å²) in [5.41, 5.74) is 1.24. The molecule has 152 valence electrons. The number of anilines is 2. The summed E-state index contributed by atoms with van der Waals surface area (Å²) in [5.74, 6) is 0.430. The first-order valence-corrected chi connectivity index (χ1v) is 10.6. The maximum atomic E-state index is 12.5. The van der Waals surface area contributed by atoms with E-state index in [1.807, 2.05) is 31.2 Å². The van der Waals surface area contributed by atoms with Crippen LogP contribution in [-0.2, 0) is 14.8 Å². The number of para-hydroxylation sites is 2. The molecule has 2 aromatic rings. The summed E-state index contributed by atoms with van der Waals surface area (Å²) in [6, 6.07) is 12.7. The van der Waals surface area contributed by atoms with Crippen molar-refractivity contribution in [2.75, 3.05) is 17.2 Å². The van der Waals surface area contributed by atoms with Gasteiger partial charge in [-0.2, -0.15) is 0 Å². The summed E-state index contributed by atoms with van der Waals surface area (Å²) in [7, 11) is -3.56. The molecule has 28 heavy (non-hydrogen) atoms. The SMILES string of the molecule is CCOc1ccccc1N[C@@H](C)C(=O)Nc1ccc(S(=O)(=O)NC(C)C)cc1. The fraction of sp³-hybridized carbons (Fsp3) is 0.350. The van der Waals surface area contributed by atoms with Crippen molar-refractivity contribution in [3.63, 3.8) is 0 Å². The lowest BCUT2D eigenvalue weighted by molar-refractivity contribution is -0.116. The van der Waals surface area contributed by atoms with Gasteiger partial charge < -0.3 is 15.4 Å². The zero-order valence-corrected chi connectivity index (χ0v) is 17.3. The van der Waals surface area contributed by atoms with Crippen molar-refractivity contribution in [3.8, 4) is 5.75 Å². The molecule has 0 bridgehead atoms. The number of ether oxygens (including phenoxy) is 1. The Balaban J connectivity index is 2.03. The lowest BCUT2D eigenvalue weighted by Crippen LogP contribution is -2.32. The monoisotopic (exact) mass is 405 g/mol. The average Bonchev–Trinajstić information content (AvgIpc) is 2.63. The van der Waals surface area contributed by atoms with Gasteiger partial charge in [0.2, 0.25) is 15.9 Å². The van der Waals surface area contributed by atoms with E-state index in [-0.39, 0.29) is 16.8 Å². The Morgan fingerprint density at radius 3 is 2.29 bits per heavy atom. The van der Waals surface area contributed by atoms with Gasteiger partial charge >= 0.3 is 0 Å². The molecule has 0 radical (unpaired) electrons. The Hall–Kier alpha value is -2.58. The van der Waals surface area contributed by atoms with Crippen LogP contribution in [0.25, 0.3) is 0 Å². The van der Waals surface area contributed by atoms with E-state index in [4.69, 9.17) is 4.74 Å². The Kier molecular flexibility index (Phi) is 7.42. The van der Waals surface area contributed by atoms with Crippen LogP contribution in [0.5, 0.6) is 5.75 Å². The summed E-state index contributed by atoms with van der Waals surface area (Å²) >= 11 is 0. The Morgan fingerprint density at radius 1 is 1.04 bits per heavy atom. The first-order chi connectivity index (χ1) is 13.2. The largest absolute Gasteiger partial charge is 0.492 e. The van der Waals surface area contributed by atoms with Crippen molar-refractivity contribution >= 4 is 27.3 Å². The van der Waals surface area contributed by atoms with Crippen LogP contribution in [0.3, 0.4) is 0 Å². The molecule has 7 nitrogen and oxygen atoms in total. The normalized spacial score (nSPS) is 12.5. The van der Waals surface area contributed by atoms with Crippen molar-refractivity contribution in [1.29, 1.82) is 0 Å². The lowest BCUT2D eigenvalue weighted by atomic mass is 10.2. The second kappa shape index (κ2) is 9.57. The molecule has 0 saturated carbocycles. The molecule has 0 saturated heterocycles. The van der Waals surface area contributed by atoms with Gasteiger partial charge in [-0.3, -0.25) is 4.79 Å². The quantitative estimate of drug-likeness (QED) is 0.595. The van der Waals surface area contributed by atoms with Crippen LogP contribution in [0.1, 0.15) is 27.7 Å². The summed E-state index contributed by atoms with van der Waals surface area (Å²) < 4.78 is 32.4. The zero-order chi connectivity index (χ0) is 20.7. The van der Waals surface area contributed by atoms with E-state index in [1.165, 1.54) is 12.1 Å². The first-order valence-electron chi connectivity index (χ1n) is 9.14. The van der Waals surface area contributed by atoms with Gasteiger partial charge in [-0.05, 0) is 64.1 Å². The standard InChI is InChI=1S/C20H27N3O4S/c1-5-27-19-9-7-6-8-18(19)21-15(4)20(24)22-16-10-12-17(13-11-16)28(25,26)23-14(2)3/h6-15,21,23H,5H2,1-4H3,(H,22,24)/t15-/m0/s1. The molecule has 2 aromatic carbocycles. The van der Waals surface area contributed by atoms with Gasteiger partial charge in [-0.1, -0.05) is 12.1 Å². The van der Waals surface area contributed by atoms with Gasteiger partial charge in [0.25, 0.3) is 0 Å². The van der Waals surface area contributed by atoms with Crippen LogP contribution in [0.15, 0.2) is 53.4 Å². The van der Waals surface area contributed by atoms with Crippen molar-refractivity contribution in [3.05, 3.63) is 48.5 Å².